The molecule has 1 rings (SSSR count). The van der Waals surface area contributed by atoms with Gasteiger partial charge in [-0.15, -0.1) is 0 Å². The van der Waals surface area contributed by atoms with Gasteiger partial charge in [0, 0.05) is 20.0 Å². The first kappa shape index (κ1) is 14.0. The number of hydrogen-bond acceptors (Lipinski definition) is 4. The SMILES string of the molecule is CN(Cc1ccco1)C(=O)NCC[C@H](O)C(=O)O. The van der Waals surface area contributed by atoms with E-state index in [1.807, 2.05) is 0 Å². The number of furan rings is 1. The number of rotatable bonds is 6. The quantitative estimate of drug-likeness (QED) is 0.677. The van der Waals surface area contributed by atoms with E-state index in [4.69, 9.17) is 14.6 Å². The molecule has 7 nitrogen and oxygen atoms in total. The first-order valence-corrected chi connectivity index (χ1v) is 5.43. The molecule has 3 N–H and O–H groups in total. The van der Waals surface area contributed by atoms with Crippen molar-refractivity contribution in [3.05, 3.63) is 24.2 Å². The number of carbonyl (C=O) groups is 2. The predicted molar refractivity (Wildman–Crippen MR) is 61.8 cm³/mol. The number of carbonyl (C=O) groups excluding carboxylic acids is 1. The van der Waals surface area contributed by atoms with Crippen LogP contribution in [0.15, 0.2) is 22.8 Å². The van der Waals surface area contributed by atoms with Crippen molar-refractivity contribution in [2.45, 2.75) is 19.1 Å². The minimum Gasteiger partial charge on any atom is -0.479 e. The fourth-order valence-electron chi connectivity index (χ4n) is 1.28. The first-order chi connectivity index (χ1) is 8.50. The van der Waals surface area contributed by atoms with Gasteiger partial charge in [0.1, 0.15) is 5.76 Å². The number of carboxylic acids is 1. The van der Waals surface area contributed by atoms with Crippen molar-refractivity contribution in [1.82, 2.24) is 10.2 Å². The van der Waals surface area contributed by atoms with Crippen LogP contribution in [0.25, 0.3) is 0 Å². The molecule has 0 aliphatic rings. The van der Waals surface area contributed by atoms with Gasteiger partial charge in [-0.1, -0.05) is 0 Å². The van der Waals surface area contributed by atoms with Gasteiger partial charge in [0.15, 0.2) is 6.10 Å². The van der Waals surface area contributed by atoms with Crippen molar-refractivity contribution in [3.63, 3.8) is 0 Å². The van der Waals surface area contributed by atoms with Gasteiger partial charge in [-0.2, -0.15) is 0 Å². The molecule has 0 spiro atoms. The van der Waals surface area contributed by atoms with Crippen molar-refractivity contribution in [3.8, 4) is 0 Å². The zero-order chi connectivity index (χ0) is 13.5. The minimum absolute atomic E-state index is 0.0321. The Hall–Kier alpha value is -2.02. The van der Waals surface area contributed by atoms with Crippen LogP contribution in [0.3, 0.4) is 0 Å². The van der Waals surface area contributed by atoms with E-state index < -0.39 is 12.1 Å². The maximum absolute atomic E-state index is 11.6. The highest BCUT2D eigenvalue weighted by Crippen LogP contribution is 2.03. The normalized spacial score (nSPS) is 11.9. The lowest BCUT2D eigenvalue weighted by Gasteiger charge is -2.16. The van der Waals surface area contributed by atoms with Crippen LogP contribution >= 0.6 is 0 Å². The number of aliphatic hydroxyl groups excluding tert-OH is 1. The standard InChI is InChI=1S/C11H16N2O5/c1-13(7-8-3-2-6-18-8)11(17)12-5-4-9(14)10(15)16/h2-3,6,9,14H,4-5,7H2,1H3,(H,12,17)(H,15,16)/t9-/m0/s1. The summed E-state index contributed by atoms with van der Waals surface area (Å²) in [4.78, 5) is 23.3. The molecule has 2 amide bonds. The van der Waals surface area contributed by atoms with E-state index in [2.05, 4.69) is 5.32 Å². The Bertz CT molecular complexity index is 390. The average molecular weight is 256 g/mol. The third-order valence-corrected chi connectivity index (χ3v) is 2.30. The molecule has 1 atom stereocenters. The molecule has 7 heteroatoms. The summed E-state index contributed by atoms with van der Waals surface area (Å²) in [6.07, 6.45) is 0.0284. The average Bonchev–Trinajstić information content (AvgIpc) is 2.81. The molecular weight excluding hydrogens is 240 g/mol. The van der Waals surface area contributed by atoms with Gasteiger partial charge in [-0.05, 0) is 12.1 Å². The predicted octanol–water partition coefficient (Wildman–Crippen LogP) is 0.257. The molecule has 0 radical (unpaired) electrons. The largest absolute Gasteiger partial charge is 0.479 e. The van der Waals surface area contributed by atoms with Crippen LogP contribution in [-0.2, 0) is 11.3 Å². The Labute approximate surface area is 104 Å². The molecule has 0 bridgehead atoms. The first-order valence-electron chi connectivity index (χ1n) is 5.43. The molecule has 0 saturated heterocycles. The maximum atomic E-state index is 11.6. The topological polar surface area (TPSA) is 103 Å². The number of urea groups is 1. The Morgan fingerprint density at radius 3 is 2.83 bits per heavy atom. The molecule has 0 unspecified atom stereocenters. The van der Waals surface area contributed by atoms with E-state index in [9.17, 15) is 9.59 Å². The molecule has 0 aliphatic carbocycles. The fraction of sp³-hybridized carbons (Fsp3) is 0.455. The van der Waals surface area contributed by atoms with Crippen LogP contribution in [0.4, 0.5) is 4.79 Å². The second-order valence-electron chi connectivity index (χ2n) is 3.81. The summed E-state index contributed by atoms with van der Waals surface area (Å²) in [5, 5.41) is 20.0. The number of aliphatic hydroxyl groups is 1. The lowest BCUT2D eigenvalue weighted by molar-refractivity contribution is -0.146. The second kappa shape index (κ2) is 6.65. The van der Waals surface area contributed by atoms with E-state index in [0.717, 1.165) is 0 Å². The van der Waals surface area contributed by atoms with Crippen molar-refractivity contribution in [2.75, 3.05) is 13.6 Å². The molecule has 18 heavy (non-hydrogen) atoms. The summed E-state index contributed by atoms with van der Waals surface area (Å²) in [6.45, 7) is 0.412. The molecule has 1 aromatic heterocycles. The van der Waals surface area contributed by atoms with Crippen LogP contribution in [0.1, 0.15) is 12.2 Å². The molecule has 100 valence electrons. The van der Waals surface area contributed by atoms with Crippen LogP contribution in [-0.4, -0.2) is 46.8 Å². The number of hydrogen-bond donors (Lipinski definition) is 3. The Morgan fingerprint density at radius 1 is 1.56 bits per heavy atom. The highest BCUT2D eigenvalue weighted by atomic mass is 16.4. The highest BCUT2D eigenvalue weighted by Gasteiger charge is 2.14. The summed E-state index contributed by atoms with van der Waals surface area (Å²) >= 11 is 0. The summed E-state index contributed by atoms with van der Waals surface area (Å²) in [5.74, 6) is -0.647. The number of amides is 2. The van der Waals surface area contributed by atoms with Gasteiger partial charge >= 0.3 is 12.0 Å². The van der Waals surface area contributed by atoms with Crippen LogP contribution in [0, 0.1) is 0 Å². The number of carboxylic acid groups (broad SMARTS) is 1. The van der Waals surface area contributed by atoms with Crippen LogP contribution in [0.2, 0.25) is 0 Å². The van der Waals surface area contributed by atoms with Gasteiger partial charge in [-0.3, -0.25) is 0 Å². The van der Waals surface area contributed by atoms with Crippen molar-refractivity contribution in [1.29, 1.82) is 0 Å². The Balaban J connectivity index is 2.26. The monoisotopic (exact) mass is 256 g/mol. The van der Waals surface area contributed by atoms with E-state index in [1.165, 1.54) is 11.2 Å². The zero-order valence-electron chi connectivity index (χ0n) is 10.00. The van der Waals surface area contributed by atoms with Gasteiger partial charge in [0.25, 0.3) is 0 Å². The lowest BCUT2D eigenvalue weighted by Crippen LogP contribution is -2.38. The highest BCUT2D eigenvalue weighted by molar-refractivity contribution is 5.74. The third kappa shape index (κ3) is 4.46. The summed E-state index contributed by atoms with van der Waals surface area (Å²) in [7, 11) is 1.59. The summed E-state index contributed by atoms with van der Waals surface area (Å²) < 4.78 is 5.09. The van der Waals surface area contributed by atoms with Crippen LogP contribution < -0.4 is 5.32 Å². The third-order valence-electron chi connectivity index (χ3n) is 2.30. The minimum atomic E-state index is -1.46. The molecule has 0 saturated carbocycles. The lowest BCUT2D eigenvalue weighted by atomic mass is 10.2. The van der Waals surface area contributed by atoms with E-state index in [1.54, 1.807) is 19.2 Å². The maximum Gasteiger partial charge on any atom is 0.332 e. The zero-order valence-corrected chi connectivity index (χ0v) is 10.00. The van der Waals surface area contributed by atoms with Gasteiger partial charge in [0.05, 0.1) is 12.8 Å². The molecular formula is C11H16N2O5. The van der Waals surface area contributed by atoms with E-state index in [-0.39, 0.29) is 19.0 Å². The number of nitrogens with zero attached hydrogens (tertiary/aromatic N) is 1. The Morgan fingerprint density at radius 2 is 2.28 bits per heavy atom. The molecule has 0 fully saturated rings. The van der Waals surface area contributed by atoms with Gasteiger partial charge < -0.3 is 24.8 Å². The number of aliphatic carboxylic acids is 1. The molecule has 1 heterocycles. The summed E-state index contributed by atoms with van der Waals surface area (Å²) in [5.41, 5.74) is 0. The second-order valence-corrected chi connectivity index (χ2v) is 3.81. The molecule has 0 aromatic carbocycles. The summed E-state index contributed by atoms with van der Waals surface area (Å²) in [6, 6.07) is 3.12. The van der Waals surface area contributed by atoms with Gasteiger partial charge in [0.2, 0.25) is 0 Å². The van der Waals surface area contributed by atoms with Gasteiger partial charge in [-0.25, -0.2) is 9.59 Å². The van der Waals surface area contributed by atoms with Crippen molar-refractivity contribution in [2.24, 2.45) is 0 Å². The molecule has 0 aliphatic heterocycles. The van der Waals surface area contributed by atoms with Crippen LogP contribution in [0.5, 0.6) is 0 Å². The molecule has 1 aromatic rings. The van der Waals surface area contributed by atoms with E-state index in [0.29, 0.717) is 12.3 Å². The fourth-order valence-corrected chi connectivity index (χ4v) is 1.28. The van der Waals surface area contributed by atoms with E-state index >= 15 is 0 Å². The van der Waals surface area contributed by atoms with Crippen molar-refractivity contribution < 1.29 is 24.2 Å². The number of nitrogens with one attached hydrogen (secondary N) is 1. The Kier molecular flexibility index (Phi) is 5.19. The van der Waals surface area contributed by atoms with Crippen molar-refractivity contribution >= 4 is 12.0 Å². The smallest absolute Gasteiger partial charge is 0.332 e.